The molecule has 3 rings (SSSR count). The van der Waals surface area contributed by atoms with Crippen LogP contribution >= 0.6 is 7.82 Å². The number of hydrogen-bond donors (Lipinski definition) is 0. The minimum absolute atomic E-state index is 0.0531. The maximum Gasteiger partial charge on any atom is 0.477 e. The predicted molar refractivity (Wildman–Crippen MR) is 146 cm³/mol. The van der Waals surface area contributed by atoms with Crippen molar-refractivity contribution in [3.05, 3.63) is 58.4 Å². The maximum atomic E-state index is 15.3. The number of hydrogen-bond acceptors (Lipinski definition) is 7. The van der Waals surface area contributed by atoms with Gasteiger partial charge in [-0.2, -0.15) is 0 Å². The second kappa shape index (κ2) is 11.8. The lowest BCUT2D eigenvalue weighted by Crippen LogP contribution is -2.25. The smallest absolute Gasteiger partial charge is 0.477 e. The van der Waals surface area contributed by atoms with E-state index >= 15 is 4.39 Å². The second-order valence-electron chi connectivity index (χ2n) is 10.9. The van der Waals surface area contributed by atoms with Crippen LogP contribution in [0.1, 0.15) is 54.9 Å². The Bertz CT molecular complexity index is 1400. The Morgan fingerprint density at radius 1 is 0.974 bits per heavy atom. The lowest BCUT2D eigenvalue weighted by molar-refractivity contribution is -0.00573. The number of aromatic nitrogens is 1. The SMILES string of the molecule is CCCOc1cc(F)c(F)c2c(=O)c(-c3ccc(OC)cc3)cn(COP(=O)(OC(C)(C)C)OC(C)(C)C)c12. The summed E-state index contributed by atoms with van der Waals surface area (Å²) in [4.78, 5) is 13.6. The number of methoxy groups -OCH3 is 1. The minimum atomic E-state index is -4.20. The van der Waals surface area contributed by atoms with Crippen LogP contribution < -0.4 is 14.9 Å². The third-order valence-corrected chi connectivity index (χ3v) is 7.16. The van der Waals surface area contributed by atoms with Crippen LogP contribution in [0.4, 0.5) is 8.78 Å². The number of benzene rings is 2. The first kappa shape index (κ1) is 30.8. The van der Waals surface area contributed by atoms with E-state index in [-0.39, 0.29) is 23.4 Å². The summed E-state index contributed by atoms with van der Waals surface area (Å²) in [5.41, 5.74) is -2.11. The molecule has 0 spiro atoms. The third kappa shape index (κ3) is 7.66. The molecule has 0 atom stereocenters. The van der Waals surface area contributed by atoms with Crippen molar-refractivity contribution in [1.29, 1.82) is 0 Å². The number of halogens is 2. The van der Waals surface area contributed by atoms with Crippen LogP contribution in [0, 0.1) is 11.6 Å². The standard InChI is InChI=1S/C28H36F2NO7P/c1-9-14-35-22-15-21(29)24(30)23-25(22)31(16-20(26(23)32)18-10-12-19(34-8)13-11-18)17-36-39(33,37-27(2,3)4)38-28(5,6)7/h10-13,15-16H,9,14,17H2,1-8H3. The number of phosphoric acid groups is 1. The van der Waals surface area contributed by atoms with Gasteiger partial charge in [0.25, 0.3) is 0 Å². The molecule has 0 N–H and O–H groups in total. The quantitative estimate of drug-likeness (QED) is 0.235. The molecule has 2 aromatic carbocycles. The van der Waals surface area contributed by atoms with E-state index in [4.69, 9.17) is 23.0 Å². The summed E-state index contributed by atoms with van der Waals surface area (Å²) in [5, 5.41) is -0.527. The van der Waals surface area contributed by atoms with E-state index in [1.54, 1.807) is 65.8 Å². The van der Waals surface area contributed by atoms with Crippen molar-refractivity contribution in [2.75, 3.05) is 13.7 Å². The van der Waals surface area contributed by atoms with Crippen molar-refractivity contribution in [2.45, 2.75) is 72.8 Å². The highest BCUT2D eigenvalue weighted by Crippen LogP contribution is 2.55. The van der Waals surface area contributed by atoms with Gasteiger partial charge in [-0.25, -0.2) is 13.3 Å². The molecule has 11 heteroatoms. The molecule has 0 saturated carbocycles. The maximum absolute atomic E-state index is 15.3. The average molecular weight is 568 g/mol. The van der Waals surface area contributed by atoms with E-state index in [1.165, 1.54) is 17.9 Å². The molecule has 8 nitrogen and oxygen atoms in total. The Hall–Kier alpha value is -2.78. The van der Waals surface area contributed by atoms with Crippen molar-refractivity contribution < 1.29 is 36.4 Å². The molecule has 0 saturated heterocycles. The lowest BCUT2D eigenvalue weighted by atomic mass is 10.0. The molecule has 1 heterocycles. The normalized spacial score (nSPS) is 12.7. The molecular formula is C28H36F2NO7P. The number of nitrogens with zero attached hydrogens (tertiary/aromatic N) is 1. The summed E-state index contributed by atoms with van der Waals surface area (Å²) in [7, 11) is -2.69. The Morgan fingerprint density at radius 3 is 2.08 bits per heavy atom. The topological polar surface area (TPSA) is 85.2 Å². The van der Waals surface area contributed by atoms with Gasteiger partial charge in [0.1, 0.15) is 18.2 Å². The number of fused-ring (bicyclic) bond motifs is 1. The zero-order chi connectivity index (χ0) is 29.2. The number of pyridine rings is 1. The first-order chi connectivity index (χ1) is 18.1. The van der Waals surface area contributed by atoms with Gasteiger partial charge in [-0.05, 0) is 65.7 Å². The van der Waals surface area contributed by atoms with Gasteiger partial charge >= 0.3 is 7.82 Å². The first-order valence-electron chi connectivity index (χ1n) is 12.6. The van der Waals surface area contributed by atoms with Gasteiger partial charge in [0, 0.05) is 17.8 Å². The molecule has 3 aromatic rings. The molecule has 0 radical (unpaired) electrons. The number of phosphoric ester groups is 1. The highest BCUT2D eigenvalue weighted by molar-refractivity contribution is 7.48. The third-order valence-electron chi connectivity index (χ3n) is 5.19. The van der Waals surface area contributed by atoms with Crippen LogP contribution in [0.2, 0.25) is 0 Å². The summed E-state index contributed by atoms with van der Waals surface area (Å²) in [5.74, 6) is -2.07. The molecule has 0 aliphatic rings. The van der Waals surface area contributed by atoms with Crippen molar-refractivity contribution in [1.82, 2.24) is 4.57 Å². The second-order valence-corrected chi connectivity index (χ2v) is 12.4. The van der Waals surface area contributed by atoms with Gasteiger partial charge in [-0.1, -0.05) is 19.1 Å². The molecule has 39 heavy (non-hydrogen) atoms. The van der Waals surface area contributed by atoms with E-state index < -0.39 is 48.2 Å². The zero-order valence-corrected chi connectivity index (χ0v) is 24.5. The molecule has 1 aromatic heterocycles. The fourth-order valence-corrected chi connectivity index (χ4v) is 5.52. The summed E-state index contributed by atoms with van der Waals surface area (Å²) >= 11 is 0. The van der Waals surface area contributed by atoms with Gasteiger partial charge in [-0.15, -0.1) is 0 Å². The van der Waals surface area contributed by atoms with E-state index in [9.17, 15) is 13.8 Å². The van der Waals surface area contributed by atoms with Crippen molar-refractivity contribution in [3.63, 3.8) is 0 Å². The number of rotatable bonds is 10. The van der Waals surface area contributed by atoms with Crippen molar-refractivity contribution in [2.24, 2.45) is 0 Å². The molecule has 0 amide bonds. The first-order valence-corrected chi connectivity index (χ1v) is 14.0. The highest BCUT2D eigenvalue weighted by atomic mass is 31.2. The fourth-order valence-electron chi connectivity index (χ4n) is 3.77. The van der Waals surface area contributed by atoms with Crippen LogP contribution in [0.3, 0.4) is 0 Å². The Labute approximate surface area is 227 Å². The molecule has 0 bridgehead atoms. The molecule has 0 aliphatic heterocycles. The summed E-state index contributed by atoms with van der Waals surface area (Å²) in [6.45, 7) is 11.7. The summed E-state index contributed by atoms with van der Waals surface area (Å²) < 4.78 is 73.0. The van der Waals surface area contributed by atoms with Gasteiger partial charge in [0.05, 0.1) is 35.8 Å². The Morgan fingerprint density at radius 2 is 1.56 bits per heavy atom. The molecule has 0 unspecified atom stereocenters. The van der Waals surface area contributed by atoms with Crippen LogP contribution in [0.5, 0.6) is 11.5 Å². The van der Waals surface area contributed by atoms with Gasteiger partial charge < -0.3 is 14.0 Å². The summed E-state index contributed by atoms with van der Waals surface area (Å²) in [6.07, 6.45) is 2.00. The fraction of sp³-hybridized carbons (Fsp3) is 0.464. The predicted octanol–water partition coefficient (Wildman–Crippen LogP) is 7.46. The van der Waals surface area contributed by atoms with E-state index in [0.29, 0.717) is 17.7 Å². The van der Waals surface area contributed by atoms with Gasteiger partial charge in [-0.3, -0.25) is 18.4 Å². The van der Waals surface area contributed by atoms with E-state index in [0.717, 1.165) is 6.07 Å². The zero-order valence-electron chi connectivity index (χ0n) is 23.6. The van der Waals surface area contributed by atoms with Gasteiger partial charge in [0.2, 0.25) is 0 Å². The minimum Gasteiger partial charge on any atom is -0.497 e. The number of ether oxygens (including phenoxy) is 2. The summed E-state index contributed by atoms with van der Waals surface area (Å²) in [6, 6.07) is 7.40. The van der Waals surface area contributed by atoms with Crippen molar-refractivity contribution in [3.8, 4) is 22.6 Å². The Balaban J connectivity index is 2.26. The van der Waals surface area contributed by atoms with Crippen molar-refractivity contribution >= 4 is 18.7 Å². The van der Waals surface area contributed by atoms with Crippen LogP contribution in [-0.2, 0) is 24.9 Å². The van der Waals surface area contributed by atoms with Gasteiger partial charge in [0.15, 0.2) is 17.1 Å². The molecule has 214 valence electrons. The average Bonchev–Trinajstić information content (AvgIpc) is 2.82. The lowest BCUT2D eigenvalue weighted by Gasteiger charge is -2.31. The Kier molecular flexibility index (Phi) is 9.27. The molecule has 0 fully saturated rings. The van der Waals surface area contributed by atoms with Crippen LogP contribution in [-0.4, -0.2) is 29.5 Å². The largest absolute Gasteiger partial charge is 0.497 e. The van der Waals surface area contributed by atoms with E-state index in [1.807, 2.05) is 6.92 Å². The highest BCUT2D eigenvalue weighted by Gasteiger charge is 2.37. The van der Waals surface area contributed by atoms with E-state index in [2.05, 4.69) is 0 Å². The van der Waals surface area contributed by atoms with Crippen LogP contribution in [0.15, 0.2) is 41.3 Å². The monoisotopic (exact) mass is 567 g/mol. The molecule has 0 aliphatic carbocycles. The molecular weight excluding hydrogens is 531 g/mol. The van der Waals surface area contributed by atoms with Crippen LogP contribution in [0.25, 0.3) is 22.0 Å².